The van der Waals surface area contributed by atoms with Gasteiger partial charge in [0.15, 0.2) is 6.23 Å². The van der Waals surface area contributed by atoms with Gasteiger partial charge in [-0.15, -0.1) is 11.8 Å². The maximum Gasteiger partial charge on any atom is 0.408 e. The first-order valence-electron chi connectivity index (χ1n) is 10.7. The van der Waals surface area contributed by atoms with Crippen molar-refractivity contribution >= 4 is 29.2 Å². The molecule has 1 amide bonds. The number of benzene rings is 3. The van der Waals surface area contributed by atoms with Gasteiger partial charge in [0, 0.05) is 10.5 Å². The molecule has 0 aliphatic carbocycles. The monoisotopic (exact) mass is 465 g/mol. The predicted molar refractivity (Wildman–Crippen MR) is 135 cm³/mol. The molecule has 174 valence electrons. The number of carbonyl (C=O) groups is 1. The number of carbonyl (C=O) groups excluding carboxylic acids is 1. The molecule has 0 bridgehead atoms. The molecule has 3 aromatic carbocycles. The van der Waals surface area contributed by atoms with E-state index in [1.807, 2.05) is 93.8 Å². The first kappa shape index (κ1) is 24.5. The molecule has 0 heterocycles. The molecule has 6 nitrogen and oxygen atoms in total. The van der Waals surface area contributed by atoms with Crippen LogP contribution in [0.2, 0.25) is 0 Å². The first-order chi connectivity index (χ1) is 15.7. The van der Waals surface area contributed by atoms with Gasteiger partial charge < -0.3 is 26.2 Å². The van der Waals surface area contributed by atoms with Gasteiger partial charge in [-0.2, -0.15) is 0 Å². The summed E-state index contributed by atoms with van der Waals surface area (Å²) in [5.74, 6) is 0. The molecule has 0 aromatic heterocycles. The Balaban J connectivity index is 1.58. The number of hydrogen-bond donors (Lipinski definition) is 4. The molecular formula is C26H31N3O3S. The number of thioether (sulfide) groups is 1. The number of aliphatic hydroxyl groups excluding tert-OH is 1. The topological polar surface area (TPSA) is 96.6 Å². The molecule has 0 saturated carbocycles. The highest BCUT2D eigenvalue weighted by Crippen LogP contribution is 2.28. The van der Waals surface area contributed by atoms with Crippen LogP contribution in [0.25, 0.3) is 0 Å². The van der Waals surface area contributed by atoms with Gasteiger partial charge in [-0.1, -0.05) is 48.5 Å². The van der Waals surface area contributed by atoms with Crippen LogP contribution in [0, 0.1) is 0 Å². The van der Waals surface area contributed by atoms with Crippen molar-refractivity contribution in [1.29, 1.82) is 0 Å². The Morgan fingerprint density at radius 2 is 1.61 bits per heavy atom. The fraction of sp³-hybridized carbons (Fsp3) is 0.269. The van der Waals surface area contributed by atoms with E-state index in [4.69, 9.17) is 10.5 Å². The molecule has 0 spiro atoms. The second-order valence-electron chi connectivity index (χ2n) is 8.30. The smallest absolute Gasteiger partial charge is 0.408 e. The number of nitrogens with two attached hydrogens (primary N) is 1. The van der Waals surface area contributed by atoms with E-state index in [0.717, 1.165) is 16.0 Å². The molecule has 0 aliphatic rings. The van der Waals surface area contributed by atoms with E-state index in [0.29, 0.717) is 16.9 Å². The maximum atomic E-state index is 12.5. The van der Waals surface area contributed by atoms with Crippen molar-refractivity contribution in [3.63, 3.8) is 0 Å². The average Bonchev–Trinajstić information content (AvgIpc) is 2.80. The van der Waals surface area contributed by atoms with Crippen LogP contribution in [-0.4, -0.2) is 17.5 Å². The number of alkyl carbamates (subject to hydrolysis) is 1. The summed E-state index contributed by atoms with van der Waals surface area (Å²) in [6, 6.07) is 22.3. The van der Waals surface area contributed by atoms with E-state index < -0.39 is 17.9 Å². The Labute approximate surface area is 199 Å². The number of nitrogens with one attached hydrogen (secondary N) is 2. The molecule has 2 atom stereocenters. The largest absolute Gasteiger partial charge is 0.439 e. The van der Waals surface area contributed by atoms with E-state index in [2.05, 4.69) is 10.6 Å². The molecule has 0 fully saturated rings. The minimum atomic E-state index is -0.907. The summed E-state index contributed by atoms with van der Waals surface area (Å²) >= 11 is 1.67. The molecule has 7 heteroatoms. The first-order valence-corrected chi connectivity index (χ1v) is 11.9. The fourth-order valence-electron chi connectivity index (χ4n) is 3.40. The number of para-hydroxylation sites is 2. The van der Waals surface area contributed by atoms with Gasteiger partial charge in [0.2, 0.25) is 0 Å². The fourth-order valence-corrected chi connectivity index (χ4v) is 3.81. The van der Waals surface area contributed by atoms with Crippen LogP contribution >= 0.6 is 11.8 Å². The van der Waals surface area contributed by atoms with Crippen molar-refractivity contribution < 1.29 is 14.6 Å². The number of anilines is 2. The van der Waals surface area contributed by atoms with Gasteiger partial charge in [0.05, 0.1) is 17.4 Å². The minimum absolute atomic E-state index is 0.268. The Morgan fingerprint density at radius 1 is 1.00 bits per heavy atom. The van der Waals surface area contributed by atoms with Crippen LogP contribution in [0.5, 0.6) is 0 Å². The minimum Gasteiger partial charge on any atom is -0.439 e. The third-order valence-electron chi connectivity index (χ3n) is 5.47. The quantitative estimate of drug-likeness (QED) is 0.190. The molecule has 0 radical (unpaired) electrons. The summed E-state index contributed by atoms with van der Waals surface area (Å²) in [6.45, 7) is 5.62. The Morgan fingerprint density at radius 3 is 2.21 bits per heavy atom. The zero-order valence-electron chi connectivity index (χ0n) is 19.3. The lowest BCUT2D eigenvalue weighted by Gasteiger charge is -2.27. The SMILES string of the molecule is CSc1ccc(C(C)(C)OC(=O)N[C@H](C)c2ccc(C(O)Nc3ccccc3N)cc2)cc1. The zero-order chi connectivity index (χ0) is 24.0. The molecule has 0 aliphatic heterocycles. The Hall–Kier alpha value is -3.16. The highest BCUT2D eigenvalue weighted by atomic mass is 32.2. The van der Waals surface area contributed by atoms with Gasteiger partial charge >= 0.3 is 6.09 Å². The van der Waals surface area contributed by atoms with Crippen LogP contribution in [0.15, 0.2) is 77.7 Å². The van der Waals surface area contributed by atoms with Gasteiger partial charge in [-0.3, -0.25) is 0 Å². The Kier molecular flexibility index (Phi) is 7.89. The summed E-state index contributed by atoms with van der Waals surface area (Å²) < 4.78 is 5.71. The van der Waals surface area contributed by atoms with Crippen molar-refractivity contribution in [2.45, 2.75) is 43.5 Å². The van der Waals surface area contributed by atoms with E-state index in [1.54, 1.807) is 17.8 Å². The highest BCUT2D eigenvalue weighted by Gasteiger charge is 2.26. The number of nitrogen functional groups attached to an aromatic ring is 1. The molecule has 3 aromatic rings. The third-order valence-corrected chi connectivity index (χ3v) is 6.22. The zero-order valence-corrected chi connectivity index (χ0v) is 20.1. The molecule has 1 unspecified atom stereocenters. The summed E-state index contributed by atoms with van der Waals surface area (Å²) in [6.07, 6.45) is 0.621. The average molecular weight is 466 g/mol. The summed E-state index contributed by atoms with van der Waals surface area (Å²) in [5.41, 5.74) is 8.89. The van der Waals surface area contributed by atoms with Crippen LogP contribution in [0.1, 0.15) is 49.7 Å². The summed E-state index contributed by atoms with van der Waals surface area (Å²) in [7, 11) is 0. The second kappa shape index (κ2) is 10.6. The van der Waals surface area contributed by atoms with E-state index >= 15 is 0 Å². The molecule has 33 heavy (non-hydrogen) atoms. The number of aliphatic hydroxyl groups is 1. The predicted octanol–water partition coefficient (Wildman–Crippen LogP) is 5.82. The number of rotatable bonds is 8. The molecule has 5 N–H and O–H groups in total. The van der Waals surface area contributed by atoms with Crippen molar-refractivity contribution in [2.24, 2.45) is 0 Å². The van der Waals surface area contributed by atoms with Crippen LogP contribution in [0.3, 0.4) is 0 Å². The molecule has 3 rings (SSSR count). The maximum absolute atomic E-state index is 12.5. The van der Waals surface area contributed by atoms with E-state index in [9.17, 15) is 9.90 Å². The standard InChI is InChI=1S/C26H31N3O3S/c1-17(28-25(31)32-26(2,3)20-13-15-21(33-4)16-14-20)18-9-11-19(12-10-18)24(30)29-23-8-6-5-7-22(23)27/h5-17,24,29-30H,27H2,1-4H3,(H,28,31)/t17-,24?/m1/s1. The number of hydrogen-bond acceptors (Lipinski definition) is 6. The van der Waals surface area contributed by atoms with Crippen molar-refractivity contribution in [3.05, 3.63) is 89.5 Å². The summed E-state index contributed by atoms with van der Waals surface area (Å²) in [4.78, 5) is 13.7. The third kappa shape index (κ3) is 6.43. The lowest BCUT2D eigenvalue weighted by molar-refractivity contribution is 0.0346. The lowest BCUT2D eigenvalue weighted by atomic mass is 9.98. The van der Waals surface area contributed by atoms with Crippen LogP contribution in [0.4, 0.5) is 16.2 Å². The highest BCUT2D eigenvalue weighted by molar-refractivity contribution is 7.98. The second-order valence-corrected chi connectivity index (χ2v) is 9.17. The lowest BCUT2D eigenvalue weighted by Crippen LogP contribution is -2.34. The van der Waals surface area contributed by atoms with Crippen molar-refractivity contribution in [3.8, 4) is 0 Å². The van der Waals surface area contributed by atoms with Gasteiger partial charge in [0.1, 0.15) is 5.60 Å². The van der Waals surface area contributed by atoms with Crippen LogP contribution in [-0.2, 0) is 10.3 Å². The van der Waals surface area contributed by atoms with Gasteiger partial charge in [-0.25, -0.2) is 4.79 Å². The van der Waals surface area contributed by atoms with Crippen molar-refractivity contribution in [1.82, 2.24) is 5.32 Å². The van der Waals surface area contributed by atoms with Gasteiger partial charge in [-0.05, 0) is 62.4 Å². The molecular weight excluding hydrogens is 434 g/mol. The van der Waals surface area contributed by atoms with Crippen molar-refractivity contribution in [2.75, 3.05) is 17.3 Å². The van der Waals surface area contributed by atoms with Crippen LogP contribution < -0.4 is 16.4 Å². The number of ether oxygens (including phenoxy) is 1. The summed E-state index contributed by atoms with van der Waals surface area (Å²) in [5, 5.41) is 16.4. The van der Waals surface area contributed by atoms with E-state index in [1.165, 1.54) is 0 Å². The number of amides is 1. The van der Waals surface area contributed by atoms with E-state index in [-0.39, 0.29) is 6.04 Å². The Bertz CT molecular complexity index is 1070. The normalized spacial score (nSPS) is 13.1. The van der Waals surface area contributed by atoms with Gasteiger partial charge in [0.25, 0.3) is 0 Å². The molecule has 0 saturated heterocycles.